The van der Waals surface area contributed by atoms with E-state index in [0.717, 1.165) is 28.6 Å². The predicted molar refractivity (Wildman–Crippen MR) is 89.8 cm³/mol. The first-order chi connectivity index (χ1) is 10.8. The van der Waals surface area contributed by atoms with Crippen molar-refractivity contribution in [1.82, 2.24) is 9.97 Å². The molecular weight excluding hydrogens is 294 g/mol. The Morgan fingerprint density at radius 2 is 2.00 bits per heavy atom. The summed E-state index contributed by atoms with van der Waals surface area (Å²) in [4.78, 5) is 8.85. The molecule has 2 aromatic heterocycles. The lowest BCUT2D eigenvalue weighted by Crippen LogP contribution is -2.00. The zero-order valence-electron chi connectivity index (χ0n) is 12.3. The smallest absolute Gasteiger partial charge is 0.188 e. The van der Waals surface area contributed by atoms with Gasteiger partial charge in [-0.15, -0.1) is 11.3 Å². The van der Waals surface area contributed by atoms with Crippen LogP contribution in [0.2, 0.25) is 0 Å². The zero-order valence-corrected chi connectivity index (χ0v) is 13.1. The molecule has 5 heteroatoms. The number of aromatic nitrogens is 2. The molecule has 0 saturated heterocycles. The number of hydrogen-bond donors (Lipinski definition) is 1. The molecule has 22 heavy (non-hydrogen) atoms. The Bertz CT molecular complexity index is 728. The fourth-order valence-corrected chi connectivity index (χ4v) is 2.76. The van der Waals surface area contributed by atoms with Crippen molar-refractivity contribution in [3.63, 3.8) is 0 Å². The number of thiazole rings is 1. The predicted octanol–water partition coefficient (Wildman–Crippen LogP) is 4.42. The lowest BCUT2D eigenvalue weighted by Gasteiger charge is -2.10. The Labute approximate surface area is 133 Å². The Hall–Kier alpha value is -2.40. The van der Waals surface area contributed by atoms with Gasteiger partial charge in [-0.2, -0.15) is 0 Å². The molecular formula is C17H17N3OS. The van der Waals surface area contributed by atoms with Gasteiger partial charge in [-0.25, -0.2) is 9.97 Å². The van der Waals surface area contributed by atoms with Gasteiger partial charge in [0.2, 0.25) is 0 Å². The second-order valence-electron chi connectivity index (χ2n) is 4.75. The quantitative estimate of drug-likeness (QED) is 0.732. The van der Waals surface area contributed by atoms with E-state index in [1.54, 1.807) is 17.5 Å². The largest absolute Gasteiger partial charge is 0.485 e. The molecule has 1 N–H and O–H groups in total. The van der Waals surface area contributed by atoms with Crippen molar-refractivity contribution >= 4 is 22.3 Å². The van der Waals surface area contributed by atoms with Crippen LogP contribution in [0.1, 0.15) is 18.2 Å². The summed E-state index contributed by atoms with van der Waals surface area (Å²) in [6, 6.07) is 13.9. The van der Waals surface area contributed by atoms with Gasteiger partial charge in [0, 0.05) is 11.6 Å². The number of pyridine rings is 1. The molecule has 0 bridgehead atoms. The fraction of sp³-hybridized carbons (Fsp3) is 0.176. The second kappa shape index (κ2) is 7.04. The standard InChI is InChI=1S/C17H17N3OS/c1-2-14-12-22-17(19-14)20-16-15(9-6-10-18-16)21-11-13-7-4-3-5-8-13/h3-10,12H,2,11H2,1H3,(H,18,19,20). The highest BCUT2D eigenvalue weighted by Gasteiger charge is 2.08. The highest BCUT2D eigenvalue weighted by atomic mass is 32.1. The molecule has 2 heterocycles. The van der Waals surface area contributed by atoms with Crippen LogP contribution >= 0.6 is 11.3 Å². The molecule has 0 atom stereocenters. The normalized spacial score (nSPS) is 10.4. The van der Waals surface area contributed by atoms with Gasteiger partial charge < -0.3 is 10.1 Å². The molecule has 0 aliphatic heterocycles. The third kappa shape index (κ3) is 3.62. The van der Waals surface area contributed by atoms with Crippen LogP contribution in [0, 0.1) is 0 Å². The summed E-state index contributed by atoms with van der Waals surface area (Å²) in [7, 11) is 0. The number of benzene rings is 1. The monoisotopic (exact) mass is 311 g/mol. The molecule has 0 aliphatic carbocycles. The summed E-state index contributed by atoms with van der Waals surface area (Å²) in [5.74, 6) is 1.41. The minimum atomic E-state index is 0.513. The summed E-state index contributed by atoms with van der Waals surface area (Å²) in [6.45, 7) is 2.60. The highest BCUT2D eigenvalue weighted by molar-refractivity contribution is 7.13. The third-order valence-corrected chi connectivity index (χ3v) is 3.95. The summed E-state index contributed by atoms with van der Waals surface area (Å²) in [6.07, 6.45) is 2.67. The number of nitrogens with zero attached hydrogens (tertiary/aromatic N) is 2. The van der Waals surface area contributed by atoms with E-state index in [1.807, 2.05) is 42.5 Å². The van der Waals surface area contributed by atoms with E-state index in [0.29, 0.717) is 12.4 Å². The number of ether oxygens (including phenoxy) is 1. The molecule has 0 radical (unpaired) electrons. The summed E-state index contributed by atoms with van der Waals surface area (Å²) in [5, 5.41) is 6.12. The minimum absolute atomic E-state index is 0.513. The number of nitrogens with one attached hydrogen (secondary N) is 1. The summed E-state index contributed by atoms with van der Waals surface area (Å²) >= 11 is 1.57. The number of rotatable bonds is 6. The maximum absolute atomic E-state index is 5.88. The maximum atomic E-state index is 5.88. The van der Waals surface area contributed by atoms with Crippen LogP contribution in [-0.4, -0.2) is 9.97 Å². The fourth-order valence-electron chi connectivity index (χ4n) is 1.96. The molecule has 3 aromatic rings. The molecule has 0 aliphatic rings. The molecule has 0 unspecified atom stereocenters. The van der Waals surface area contributed by atoms with E-state index in [1.165, 1.54) is 0 Å². The van der Waals surface area contributed by atoms with Gasteiger partial charge in [0.05, 0.1) is 5.69 Å². The van der Waals surface area contributed by atoms with E-state index in [4.69, 9.17) is 4.74 Å². The molecule has 0 fully saturated rings. The molecule has 1 aromatic carbocycles. The minimum Gasteiger partial charge on any atom is -0.485 e. The van der Waals surface area contributed by atoms with Gasteiger partial charge in [0.25, 0.3) is 0 Å². The van der Waals surface area contributed by atoms with Crippen molar-refractivity contribution < 1.29 is 4.74 Å². The van der Waals surface area contributed by atoms with Crippen LogP contribution in [-0.2, 0) is 13.0 Å². The molecule has 4 nitrogen and oxygen atoms in total. The van der Waals surface area contributed by atoms with Gasteiger partial charge in [-0.05, 0) is 24.1 Å². The van der Waals surface area contributed by atoms with Gasteiger partial charge in [0.15, 0.2) is 16.7 Å². The lowest BCUT2D eigenvalue weighted by molar-refractivity contribution is 0.307. The van der Waals surface area contributed by atoms with E-state index in [9.17, 15) is 0 Å². The molecule has 0 spiro atoms. The zero-order chi connectivity index (χ0) is 15.2. The highest BCUT2D eigenvalue weighted by Crippen LogP contribution is 2.27. The lowest BCUT2D eigenvalue weighted by atomic mass is 10.2. The van der Waals surface area contributed by atoms with Crippen molar-refractivity contribution in [2.45, 2.75) is 20.0 Å². The van der Waals surface area contributed by atoms with Crippen LogP contribution in [0.3, 0.4) is 0 Å². The third-order valence-electron chi connectivity index (χ3n) is 3.15. The van der Waals surface area contributed by atoms with Gasteiger partial charge in [-0.1, -0.05) is 37.3 Å². The first-order valence-corrected chi connectivity index (χ1v) is 8.06. The van der Waals surface area contributed by atoms with Crippen molar-refractivity contribution in [1.29, 1.82) is 0 Å². The van der Waals surface area contributed by atoms with Gasteiger partial charge in [0.1, 0.15) is 6.61 Å². The number of aryl methyl sites for hydroxylation is 1. The van der Waals surface area contributed by atoms with Crippen molar-refractivity contribution in [2.24, 2.45) is 0 Å². The molecule has 0 saturated carbocycles. The van der Waals surface area contributed by atoms with Crippen LogP contribution < -0.4 is 10.1 Å². The van der Waals surface area contributed by atoms with E-state index in [-0.39, 0.29) is 0 Å². The number of hydrogen-bond acceptors (Lipinski definition) is 5. The molecule has 0 amide bonds. The Kier molecular flexibility index (Phi) is 4.65. The average Bonchev–Trinajstić information content (AvgIpc) is 3.03. The van der Waals surface area contributed by atoms with Crippen LogP contribution in [0.4, 0.5) is 10.9 Å². The SMILES string of the molecule is CCc1csc(Nc2ncccc2OCc2ccccc2)n1. The topological polar surface area (TPSA) is 47.0 Å². The molecule has 3 rings (SSSR count). The Balaban J connectivity index is 1.72. The first-order valence-electron chi connectivity index (χ1n) is 7.18. The van der Waals surface area contributed by atoms with E-state index in [2.05, 4.69) is 27.6 Å². The van der Waals surface area contributed by atoms with Crippen LogP contribution in [0.25, 0.3) is 0 Å². The van der Waals surface area contributed by atoms with E-state index >= 15 is 0 Å². The molecule has 112 valence electrons. The van der Waals surface area contributed by atoms with E-state index < -0.39 is 0 Å². The second-order valence-corrected chi connectivity index (χ2v) is 5.61. The average molecular weight is 311 g/mol. The van der Waals surface area contributed by atoms with Crippen LogP contribution in [0.15, 0.2) is 54.0 Å². The van der Waals surface area contributed by atoms with Crippen molar-refractivity contribution in [3.8, 4) is 5.75 Å². The Morgan fingerprint density at radius 1 is 1.14 bits per heavy atom. The van der Waals surface area contributed by atoms with Crippen molar-refractivity contribution in [3.05, 3.63) is 65.3 Å². The maximum Gasteiger partial charge on any atom is 0.188 e. The summed E-state index contributed by atoms with van der Waals surface area (Å²) in [5.41, 5.74) is 2.20. The van der Waals surface area contributed by atoms with Crippen molar-refractivity contribution in [2.75, 3.05) is 5.32 Å². The summed E-state index contributed by atoms with van der Waals surface area (Å²) < 4.78 is 5.88. The Morgan fingerprint density at radius 3 is 2.77 bits per heavy atom. The van der Waals surface area contributed by atoms with Crippen LogP contribution in [0.5, 0.6) is 5.75 Å². The first kappa shape index (κ1) is 14.5. The van der Waals surface area contributed by atoms with Gasteiger partial charge >= 0.3 is 0 Å². The number of anilines is 2. The van der Waals surface area contributed by atoms with Gasteiger partial charge in [-0.3, -0.25) is 0 Å².